The van der Waals surface area contributed by atoms with Crippen molar-refractivity contribution in [2.75, 3.05) is 13.7 Å². The molecule has 3 rings (SSSR count). The quantitative estimate of drug-likeness (QED) is 0.585. The predicted molar refractivity (Wildman–Crippen MR) is 102 cm³/mol. The van der Waals surface area contributed by atoms with Crippen molar-refractivity contribution in [3.63, 3.8) is 0 Å². The molecule has 1 heterocycles. The summed E-state index contributed by atoms with van der Waals surface area (Å²) in [5.41, 5.74) is 6.25. The molecule has 3 N–H and O–H groups in total. The maximum absolute atomic E-state index is 12.4. The molecule has 0 unspecified atom stereocenters. The number of rotatable bonds is 5. The topological polar surface area (TPSA) is 92.5 Å². The largest absolute Gasteiger partial charge is 0.493 e. The molecule has 0 radical (unpaired) electrons. The summed E-state index contributed by atoms with van der Waals surface area (Å²) in [6.07, 6.45) is 1.59. The minimum Gasteiger partial charge on any atom is -0.493 e. The lowest BCUT2D eigenvalue weighted by molar-refractivity contribution is 0.0847. The summed E-state index contributed by atoms with van der Waals surface area (Å²) in [6.45, 7) is 2.22. The Bertz CT molecular complexity index is 1000. The van der Waals surface area contributed by atoms with E-state index >= 15 is 0 Å². The van der Waals surface area contributed by atoms with Crippen LogP contribution in [-0.2, 0) is 0 Å². The maximum atomic E-state index is 12.4. The number of hydrogen-bond donors (Lipinski definition) is 3. The first-order valence-electron chi connectivity index (χ1n) is 8.22. The van der Waals surface area contributed by atoms with Gasteiger partial charge in [-0.1, -0.05) is 29.8 Å². The van der Waals surface area contributed by atoms with E-state index in [-0.39, 0.29) is 10.6 Å². The Morgan fingerprint density at radius 1 is 1.15 bits per heavy atom. The summed E-state index contributed by atoms with van der Waals surface area (Å²) in [6, 6.07) is 10.3. The molecule has 0 fully saturated rings. The molecule has 2 amide bonds. The molecule has 0 saturated heterocycles. The Morgan fingerprint density at radius 3 is 2.63 bits per heavy atom. The average Bonchev–Trinajstić information content (AvgIpc) is 3.11. The van der Waals surface area contributed by atoms with Crippen LogP contribution in [0, 0.1) is 0 Å². The zero-order valence-corrected chi connectivity index (χ0v) is 15.5. The summed E-state index contributed by atoms with van der Waals surface area (Å²) in [5, 5.41) is 0.999. The average molecular weight is 388 g/mol. The summed E-state index contributed by atoms with van der Waals surface area (Å²) in [7, 11) is 1.45. The first kappa shape index (κ1) is 18.6. The van der Waals surface area contributed by atoms with Gasteiger partial charge in [0.2, 0.25) is 0 Å². The van der Waals surface area contributed by atoms with Gasteiger partial charge in [-0.2, -0.15) is 0 Å². The zero-order chi connectivity index (χ0) is 19.4. The molecule has 0 bridgehead atoms. The van der Waals surface area contributed by atoms with E-state index in [9.17, 15) is 9.59 Å². The minimum absolute atomic E-state index is 0.222. The van der Waals surface area contributed by atoms with Gasteiger partial charge >= 0.3 is 0 Å². The van der Waals surface area contributed by atoms with Crippen LogP contribution in [0.5, 0.6) is 11.5 Å². The summed E-state index contributed by atoms with van der Waals surface area (Å²) in [5.74, 6) is -0.283. The van der Waals surface area contributed by atoms with Gasteiger partial charge in [-0.25, -0.2) is 0 Å². The van der Waals surface area contributed by atoms with Gasteiger partial charge in [-0.15, -0.1) is 0 Å². The zero-order valence-electron chi connectivity index (χ0n) is 14.8. The number of benzene rings is 2. The predicted octanol–water partition coefficient (Wildman–Crippen LogP) is 3.30. The molecule has 140 valence electrons. The SMILES string of the molecule is CCOc1c(Cl)cc(C(=O)NNC(=O)c2c[nH]c3ccccc23)cc1OC. The smallest absolute Gasteiger partial charge is 0.271 e. The van der Waals surface area contributed by atoms with E-state index in [1.54, 1.807) is 6.20 Å². The normalized spacial score (nSPS) is 10.5. The van der Waals surface area contributed by atoms with E-state index in [0.29, 0.717) is 23.7 Å². The molecule has 1 aromatic heterocycles. The fraction of sp³-hybridized carbons (Fsp3) is 0.158. The van der Waals surface area contributed by atoms with Crippen LogP contribution in [0.15, 0.2) is 42.6 Å². The van der Waals surface area contributed by atoms with Gasteiger partial charge in [0.25, 0.3) is 11.8 Å². The van der Waals surface area contributed by atoms with Crippen molar-refractivity contribution < 1.29 is 19.1 Å². The van der Waals surface area contributed by atoms with Gasteiger partial charge in [0.1, 0.15) is 0 Å². The monoisotopic (exact) mass is 387 g/mol. The fourth-order valence-corrected chi connectivity index (χ4v) is 2.91. The highest BCUT2D eigenvalue weighted by Crippen LogP contribution is 2.36. The molecule has 0 saturated carbocycles. The molecular formula is C19H18ClN3O4. The van der Waals surface area contributed by atoms with Crippen molar-refractivity contribution >= 4 is 34.3 Å². The molecule has 2 aromatic carbocycles. The Labute approximate surface area is 160 Å². The van der Waals surface area contributed by atoms with Gasteiger partial charge in [-0.05, 0) is 25.1 Å². The van der Waals surface area contributed by atoms with Crippen LogP contribution in [-0.4, -0.2) is 30.5 Å². The van der Waals surface area contributed by atoms with Crippen LogP contribution in [0.3, 0.4) is 0 Å². The first-order valence-corrected chi connectivity index (χ1v) is 8.60. The number of para-hydroxylation sites is 1. The molecular weight excluding hydrogens is 370 g/mol. The summed E-state index contributed by atoms with van der Waals surface area (Å²) < 4.78 is 10.6. The second-order valence-corrected chi connectivity index (χ2v) is 5.99. The van der Waals surface area contributed by atoms with Crippen molar-refractivity contribution in [1.82, 2.24) is 15.8 Å². The van der Waals surface area contributed by atoms with Gasteiger partial charge in [-0.3, -0.25) is 20.4 Å². The molecule has 8 heteroatoms. The standard InChI is InChI=1S/C19H18ClN3O4/c1-3-27-17-14(20)8-11(9-16(17)26-2)18(24)22-23-19(25)13-10-21-15-7-5-4-6-12(13)15/h4-10,21H,3H2,1-2H3,(H,22,24)(H,23,25). The third-order valence-electron chi connectivity index (χ3n) is 3.90. The molecule has 0 spiro atoms. The van der Waals surface area contributed by atoms with Crippen molar-refractivity contribution in [3.8, 4) is 11.5 Å². The van der Waals surface area contributed by atoms with Crippen LogP contribution < -0.4 is 20.3 Å². The van der Waals surface area contributed by atoms with E-state index in [2.05, 4.69) is 15.8 Å². The number of H-pyrrole nitrogens is 1. The number of hydrogen-bond acceptors (Lipinski definition) is 4. The van der Waals surface area contributed by atoms with E-state index in [0.717, 1.165) is 10.9 Å². The number of aromatic amines is 1. The van der Waals surface area contributed by atoms with Crippen LogP contribution in [0.25, 0.3) is 10.9 Å². The van der Waals surface area contributed by atoms with E-state index in [1.807, 2.05) is 31.2 Å². The van der Waals surface area contributed by atoms with Crippen molar-refractivity contribution in [2.45, 2.75) is 6.92 Å². The summed E-state index contributed by atoms with van der Waals surface area (Å²) in [4.78, 5) is 27.8. The van der Waals surface area contributed by atoms with Crippen LogP contribution in [0.1, 0.15) is 27.6 Å². The molecule has 3 aromatic rings. The molecule has 0 aliphatic rings. The highest BCUT2D eigenvalue weighted by Gasteiger charge is 2.17. The third-order valence-corrected chi connectivity index (χ3v) is 4.18. The number of carbonyl (C=O) groups is 2. The second-order valence-electron chi connectivity index (χ2n) is 5.58. The minimum atomic E-state index is -0.536. The number of aromatic nitrogens is 1. The van der Waals surface area contributed by atoms with Crippen molar-refractivity contribution in [1.29, 1.82) is 0 Å². The highest BCUT2D eigenvalue weighted by atomic mass is 35.5. The van der Waals surface area contributed by atoms with Crippen LogP contribution in [0.4, 0.5) is 0 Å². The molecule has 27 heavy (non-hydrogen) atoms. The fourth-order valence-electron chi connectivity index (χ4n) is 2.65. The number of hydrazine groups is 1. The number of ether oxygens (including phenoxy) is 2. The van der Waals surface area contributed by atoms with E-state index in [1.165, 1.54) is 19.2 Å². The van der Waals surface area contributed by atoms with Crippen LogP contribution in [0.2, 0.25) is 5.02 Å². The number of fused-ring (bicyclic) bond motifs is 1. The lowest BCUT2D eigenvalue weighted by atomic mass is 10.1. The van der Waals surface area contributed by atoms with E-state index in [4.69, 9.17) is 21.1 Å². The lowest BCUT2D eigenvalue weighted by Crippen LogP contribution is -2.41. The maximum Gasteiger partial charge on any atom is 0.271 e. The van der Waals surface area contributed by atoms with Gasteiger partial charge in [0, 0.05) is 22.7 Å². The number of carbonyl (C=O) groups excluding carboxylic acids is 2. The first-order chi connectivity index (χ1) is 13.0. The van der Waals surface area contributed by atoms with E-state index < -0.39 is 11.8 Å². The number of methoxy groups -OCH3 is 1. The third kappa shape index (κ3) is 3.83. The van der Waals surface area contributed by atoms with Crippen molar-refractivity contribution in [3.05, 3.63) is 58.7 Å². The lowest BCUT2D eigenvalue weighted by Gasteiger charge is -2.13. The van der Waals surface area contributed by atoms with Gasteiger partial charge in [0.05, 0.1) is 24.3 Å². The van der Waals surface area contributed by atoms with Gasteiger partial charge in [0.15, 0.2) is 11.5 Å². The Hall–Kier alpha value is -3.19. The number of halogens is 1. The Morgan fingerprint density at radius 2 is 1.89 bits per heavy atom. The molecule has 0 aliphatic carbocycles. The highest BCUT2D eigenvalue weighted by molar-refractivity contribution is 6.32. The van der Waals surface area contributed by atoms with Gasteiger partial charge < -0.3 is 14.5 Å². The number of amides is 2. The molecule has 0 aliphatic heterocycles. The molecule has 0 atom stereocenters. The molecule has 7 nitrogen and oxygen atoms in total. The Kier molecular flexibility index (Phi) is 5.52. The number of nitrogens with one attached hydrogen (secondary N) is 3. The Balaban J connectivity index is 1.74. The second kappa shape index (κ2) is 8.01. The summed E-state index contributed by atoms with van der Waals surface area (Å²) >= 11 is 6.17. The van der Waals surface area contributed by atoms with Crippen LogP contribution >= 0.6 is 11.6 Å². The van der Waals surface area contributed by atoms with Crippen molar-refractivity contribution in [2.24, 2.45) is 0 Å².